The SMILES string of the molecule is CC[C@@H](C)NC(=O)c1c(N)n(Cc2ccc(OC)cc2)c2nc3ccccc3nc12. The normalized spacial score (nSPS) is 12.2. The molecule has 3 N–H and O–H groups in total. The molecule has 30 heavy (non-hydrogen) atoms. The number of hydrogen-bond acceptors (Lipinski definition) is 5. The predicted octanol–water partition coefficient (Wildman–Crippen LogP) is 3.75. The molecule has 7 nitrogen and oxygen atoms in total. The maximum atomic E-state index is 13.0. The van der Waals surface area contributed by atoms with Gasteiger partial charge in [-0.15, -0.1) is 0 Å². The zero-order valence-electron chi connectivity index (χ0n) is 17.3. The molecule has 0 aliphatic heterocycles. The van der Waals surface area contributed by atoms with Crippen LogP contribution in [0.4, 0.5) is 5.82 Å². The van der Waals surface area contributed by atoms with Gasteiger partial charge in [-0.05, 0) is 43.2 Å². The molecule has 0 unspecified atom stereocenters. The van der Waals surface area contributed by atoms with E-state index in [4.69, 9.17) is 20.4 Å². The van der Waals surface area contributed by atoms with Crippen molar-refractivity contribution in [1.29, 1.82) is 0 Å². The summed E-state index contributed by atoms with van der Waals surface area (Å²) in [5, 5.41) is 3.00. The van der Waals surface area contributed by atoms with Crippen LogP contribution in [0.5, 0.6) is 5.75 Å². The highest BCUT2D eigenvalue weighted by Gasteiger charge is 2.24. The average molecular weight is 403 g/mol. The van der Waals surface area contributed by atoms with Gasteiger partial charge in [-0.3, -0.25) is 4.79 Å². The molecule has 2 heterocycles. The van der Waals surface area contributed by atoms with Crippen molar-refractivity contribution in [2.45, 2.75) is 32.9 Å². The third-order valence-corrected chi connectivity index (χ3v) is 5.31. The van der Waals surface area contributed by atoms with E-state index in [0.717, 1.165) is 28.8 Å². The molecule has 1 amide bonds. The molecule has 0 aliphatic rings. The van der Waals surface area contributed by atoms with Gasteiger partial charge in [0.2, 0.25) is 0 Å². The van der Waals surface area contributed by atoms with E-state index >= 15 is 0 Å². The molecule has 4 rings (SSSR count). The van der Waals surface area contributed by atoms with Gasteiger partial charge in [0, 0.05) is 6.04 Å². The molecule has 0 spiro atoms. The topological polar surface area (TPSA) is 95.1 Å². The number of anilines is 1. The number of fused-ring (bicyclic) bond motifs is 2. The van der Waals surface area contributed by atoms with Gasteiger partial charge in [0.15, 0.2) is 5.65 Å². The number of nitrogens with two attached hydrogens (primary N) is 1. The van der Waals surface area contributed by atoms with E-state index in [0.29, 0.717) is 29.1 Å². The van der Waals surface area contributed by atoms with Gasteiger partial charge in [-0.25, -0.2) is 9.97 Å². The van der Waals surface area contributed by atoms with Crippen LogP contribution in [0.25, 0.3) is 22.2 Å². The quantitative estimate of drug-likeness (QED) is 0.511. The van der Waals surface area contributed by atoms with Gasteiger partial charge in [0.25, 0.3) is 5.91 Å². The van der Waals surface area contributed by atoms with Gasteiger partial charge < -0.3 is 20.4 Å². The Kier molecular flexibility index (Phi) is 5.27. The van der Waals surface area contributed by atoms with Crippen molar-refractivity contribution >= 4 is 33.9 Å². The van der Waals surface area contributed by atoms with E-state index in [1.807, 2.05) is 66.9 Å². The molecule has 0 bridgehead atoms. The summed E-state index contributed by atoms with van der Waals surface area (Å²) in [6, 6.07) is 15.4. The number of methoxy groups -OCH3 is 1. The van der Waals surface area contributed by atoms with Crippen molar-refractivity contribution < 1.29 is 9.53 Å². The van der Waals surface area contributed by atoms with Gasteiger partial charge in [-0.2, -0.15) is 0 Å². The third kappa shape index (κ3) is 3.54. The van der Waals surface area contributed by atoms with E-state index in [1.54, 1.807) is 7.11 Å². The number of ether oxygens (including phenoxy) is 1. The van der Waals surface area contributed by atoms with Gasteiger partial charge in [0.05, 0.1) is 24.7 Å². The van der Waals surface area contributed by atoms with Crippen molar-refractivity contribution in [3.63, 3.8) is 0 Å². The molecule has 0 radical (unpaired) electrons. The summed E-state index contributed by atoms with van der Waals surface area (Å²) < 4.78 is 7.09. The minimum absolute atomic E-state index is 0.0327. The fraction of sp³-hybridized carbons (Fsp3) is 0.261. The van der Waals surface area contributed by atoms with Crippen LogP contribution in [0.2, 0.25) is 0 Å². The summed E-state index contributed by atoms with van der Waals surface area (Å²) in [5.74, 6) is 0.908. The Hall–Kier alpha value is -3.61. The molecule has 2 aromatic heterocycles. The lowest BCUT2D eigenvalue weighted by atomic mass is 10.2. The molecule has 1 atom stereocenters. The lowest BCUT2D eigenvalue weighted by molar-refractivity contribution is 0.0941. The van der Waals surface area contributed by atoms with Crippen LogP contribution in [0, 0.1) is 0 Å². The molecule has 0 aliphatic carbocycles. The first kappa shape index (κ1) is 19.7. The van der Waals surface area contributed by atoms with Crippen molar-refractivity contribution in [3.8, 4) is 5.75 Å². The minimum atomic E-state index is -0.232. The minimum Gasteiger partial charge on any atom is -0.497 e. The monoisotopic (exact) mass is 403 g/mol. The number of nitrogens with zero attached hydrogens (tertiary/aromatic N) is 3. The smallest absolute Gasteiger partial charge is 0.257 e. The van der Waals surface area contributed by atoms with Crippen molar-refractivity contribution in [1.82, 2.24) is 19.9 Å². The van der Waals surface area contributed by atoms with E-state index in [1.165, 1.54) is 0 Å². The third-order valence-electron chi connectivity index (χ3n) is 5.31. The van der Waals surface area contributed by atoms with E-state index in [-0.39, 0.29) is 11.9 Å². The number of para-hydroxylation sites is 2. The number of carbonyl (C=O) groups excluding carboxylic acids is 1. The fourth-order valence-corrected chi connectivity index (χ4v) is 3.41. The molecular formula is C23H25N5O2. The van der Waals surface area contributed by atoms with Crippen molar-refractivity contribution in [2.24, 2.45) is 0 Å². The maximum absolute atomic E-state index is 13.0. The number of amides is 1. The second kappa shape index (κ2) is 8.02. The van der Waals surface area contributed by atoms with E-state index < -0.39 is 0 Å². The first-order chi connectivity index (χ1) is 14.5. The standard InChI is InChI=1S/C23H25N5O2/c1-4-14(2)25-23(29)19-20-22(27-18-8-6-5-7-17(18)26-20)28(21(19)24)13-15-9-11-16(30-3)12-10-15/h5-12,14H,4,13,24H2,1-3H3,(H,25,29)/t14-/m1/s1. The Balaban J connectivity index is 1.88. The fourth-order valence-electron chi connectivity index (χ4n) is 3.41. The number of hydrogen-bond donors (Lipinski definition) is 2. The van der Waals surface area contributed by atoms with E-state index in [9.17, 15) is 4.79 Å². The highest BCUT2D eigenvalue weighted by atomic mass is 16.5. The zero-order chi connectivity index (χ0) is 21.3. The molecule has 154 valence electrons. The molecule has 7 heteroatoms. The molecule has 0 fully saturated rings. The van der Waals surface area contributed by atoms with Crippen LogP contribution in [0.15, 0.2) is 48.5 Å². The highest BCUT2D eigenvalue weighted by Crippen LogP contribution is 2.29. The maximum Gasteiger partial charge on any atom is 0.257 e. The molecule has 0 saturated heterocycles. The molecule has 2 aromatic carbocycles. The van der Waals surface area contributed by atoms with Crippen LogP contribution >= 0.6 is 0 Å². The summed E-state index contributed by atoms with van der Waals surface area (Å²) >= 11 is 0. The van der Waals surface area contributed by atoms with Crippen LogP contribution in [0.3, 0.4) is 0 Å². The van der Waals surface area contributed by atoms with Crippen LogP contribution in [-0.2, 0) is 6.54 Å². The lowest BCUT2D eigenvalue weighted by Gasteiger charge is -2.12. The average Bonchev–Trinajstić information content (AvgIpc) is 3.03. The second-order valence-corrected chi connectivity index (χ2v) is 7.36. The summed E-state index contributed by atoms with van der Waals surface area (Å²) in [6.45, 7) is 4.45. The number of rotatable bonds is 6. The Labute approximate surface area is 174 Å². The van der Waals surface area contributed by atoms with Crippen LogP contribution < -0.4 is 15.8 Å². The Morgan fingerprint density at radius 2 is 1.80 bits per heavy atom. The first-order valence-corrected chi connectivity index (χ1v) is 10.00. The van der Waals surface area contributed by atoms with E-state index in [2.05, 4.69) is 5.32 Å². The number of benzene rings is 2. The number of nitrogen functional groups attached to an aromatic ring is 1. The molecule has 0 saturated carbocycles. The molecular weight excluding hydrogens is 378 g/mol. The van der Waals surface area contributed by atoms with Crippen LogP contribution in [0.1, 0.15) is 36.2 Å². The van der Waals surface area contributed by atoms with Gasteiger partial charge >= 0.3 is 0 Å². The van der Waals surface area contributed by atoms with Crippen molar-refractivity contribution in [2.75, 3.05) is 12.8 Å². The Bertz CT molecular complexity index is 1210. The first-order valence-electron chi connectivity index (χ1n) is 10.00. The summed E-state index contributed by atoms with van der Waals surface area (Å²) in [5.41, 5.74) is 10.5. The number of aromatic nitrogens is 3. The largest absolute Gasteiger partial charge is 0.497 e. The summed E-state index contributed by atoms with van der Waals surface area (Å²) in [4.78, 5) is 22.6. The van der Waals surface area contributed by atoms with Crippen molar-refractivity contribution in [3.05, 3.63) is 59.7 Å². The predicted molar refractivity (Wildman–Crippen MR) is 119 cm³/mol. The van der Waals surface area contributed by atoms with Gasteiger partial charge in [-0.1, -0.05) is 31.2 Å². The lowest BCUT2D eigenvalue weighted by Crippen LogP contribution is -2.32. The summed E-state index contributed by atoms with van der Waals surface area (Å²) in [7, 11) is 1.63. The zero-order valence-corrected chi connectivity index (χ0v) is 17.3. The molecule has 4 aromatic rings. The second-order valence-electron chi connectivity index (χ2n) is 7.36. The number of carbonyl (C=O) groups is 1. The number of nitrogens with one attached hydrogen (secondary N) is 1. The summed E-state index contributed by atoms with van der Waals surface area (Å²) in [6.07, 6.45) is 0.824. The highest BCUT2D eigenvalue weighted by molar-refractivity contribution is 6.10. The van der Waals surface area contributed by atoms with Gasteiger partial charge in [0.1, 0.15) is 22.6 Å². The van der Waals surface area contributed by atoms with Crippen LogP contribution in [-0.4, -0.2) is 33.6 Å². The Morgan fingerprint density at radius 1 is 1.13 bits per heavy atom. The Morgan fingerprint density at radius 3 is 2.43 bits per heavy atom.